The number of hydrogen-bond donors (Lipinski definition) is 7. The lowest BCUT2D eigenvalue weighted by Gasteiger charge is -2.37. The maximum atomic E-state index is 14.0. The summed E-state index contributed by atoms with van der Waals surface area (Å²) < 4.78 is 4.98. The molecule has 270 valence electrons. The van der Waals surface area contributed by atoms with E-state index in [1.807, 2.05) is 24.3 Å². The van der Waals surface area contributed by atoms with Crippen molar-refractivity contribution in [3.8, 4) is 0 Å². The van der Waals surface area contributed by atoms with Crippen molar-refractivity contribution in [2.75, 3.05) is 16.8 Å². The third-order valence-electron chi connectivity index (χ3n) is 9.90. The van der Waals surface area contributed by atoms with Gasteiger partial charge >= 0.3 is 0 Å². The zero-order valence-electron chi connectivity index (χ0n) is 27.7. The van der Waals surface area contributed by atoms with Crippen LogP contribution in [0, 0.1) is 5.92 Å². The Hall–Kier alpha value is -4.18. The lowest BCUT2D eigenvalue weighted by molar-refractivity contribution is -0.274. The molecule has 3 aliphatic heterocycles. The van der Waals surface area contributed by atoms with E-state index in [0.29, 0.717) is 40.5 Å². The second-order valence-electron chi connectivity index (χ2n) is 13.2. The summed E-state index contributed by atoms with van der Waals surface area (Å²) in [6, 6.07) is 18.7. The van der Waals surface area contributed by atoms with Gasteiger partial charge in [0.15, 0.2) is 18.0 Å². The van der Waals surface area contributed by atoms with Gasteiger partial charge in [-0.3, -0.25) is 14.4 Å². The first-order valence-corrected chi connectivity index (χ1v) is 17.0. The Balaban J connectivity index is 1.13. The molecule has 1 fully saturated rings. The van der Waals surface area contributed by atoms with Crippen molar-refractivity contribution in [2.45, 2.75) is 75.2 Å². The van der Waals surface area contributed by atoms with Gasteiger partial charge in [0.25, 0.3) is 11.8 Å². The summed E-state index contributed by atoms with van der Waals surface area (Å²) in [5.41, 5.74) is 1.86. The number of benzene rings is 3. The van der Waals surface area contributed by atoms with Gasteiger partial charge in [-0.2, -0.15) is 0 Å². The molecule has 3 aromatic carbocycles. The number of aliphatic hydroxyl groups excluding tert-OH is 5. The molecule has 14 heteroatoms. The fraction of sp³-hybridized carbons (Fsp3) is 0.378. The Morgan fingerprint density at radius 3 is 2.43 bits per heavy atom. The van der Waals surface area contributed by atoms with Crippen LogP contribution in [-0.2, 0) is 44.2 Å². The molecule has 0 bridgehead atoms. The molecule has 7 N–H and O–H groups in total. The molecule has 3 aliphatic rings. The predicted molar refractivity (Wildman–Crippen MR) is 185 cm³/mol. The summed E-state index contributed by atoms with van der Waals surface area (Å²) >= 11 is 6.32. The highest BCUT2D eigenvalue weighted by atomic mass is 35.5. The number of ether oxygens (including phenoxy) is 1. The fourth-order valence-corrected chi connectivity index (χ4v) is 7.09. The molecule has 0 aromatic heterocycles. The standard InChI is InChI=1S/C37H40ClN3O10/c1-20(5-4-8-29(43)40-18-23-7-3-2-6-22(23)15-26(40)19-42)37(50)27-16-24(38)11-14-28(27)41(36(37)49)17-21-9-12-25(13-10-21)39-34(47)33-31(45)30(44)32(46)35(48)51-33/h2-7,9-14,16,20,26,30-33,35,42,44-46,48,50H,8,15,17-19H2,1H3,(H,39,47)/b5-4+/t20-,26-,30-,31-,32+,33-,35+,37+/m0/s1. The molecule has 0 saturated carbocycles. The first-order chi connectivity index (χ1) is 24.3. The second-order valence-corrected chi connectivity index (χ2v) is 13.6. The molecular formula is C37H40ClN3O10. The van der Waals surface area contributed by atoms with Crippen molar-refractivity contribution >= 4 is 40.7 Å². The number of nitrogens with one attached hydrogen (secondary N) is 1. The summed E-state index contributed by atoms with van der Waals surface area (Å²) in [5, 5.41) is 64.3. The second kappa shape index (κ2) is 14.8. The number of fused-ring (bicyclic) bond motifs is 2. The molecule has 0 aliphatic carbocycles. The molecule has 3 aromatic rings. The number of carbonyl (C=O) groups is 3. The Labute approximate surface area is 299 Å². The Bertz CT molecular complexity index is 1820. The Morgan fingerprint density at radius 2 is 1.73 bits per heavy atom. The Morgan fingerprint density at radius 1 is 1.02 bits per heavy atom. The third kappa shape index (κ3) is 7.04. The maximum Gasteiger partial charge on any atom is 0.264 e. The number of nitrogens with zero attached hydrogens (tertiary/aromatic N) is 2. The van der Waals surface area contributed by atoms with Crippen LogP contribution in [0.4, 0.5) is 11.4 Å². The smallest absolute Gasteiger partial charge is 0.264 e. The van der Waals surface area contributed by atoms with Gasteiger partial charge in [-0.25, -0.2) is 0 Å². The highest BCUT2D eigenvalue weighted by Crippen LogP contribution is 2.46. The monoisotopic (exact) mass is 721 g/mol. The lowest BCUT2D eigenvalue weighted by Crippen LogP contribution is -2.60. The van der Waals surface area contributed by atoms with E-state index in [-0.39, 0.29) is 31.5 Å². The number of rotatable bonds is 9. The van der Waals surface area contributed by atoms with E-state index in [4.69, 9.17) is 16.3 Å². The highest BCUT2D eigenvalue weighted by Gasteiger charge is 2.52. The van der Waals surface area contributed by atoms with Crippen molar-refractivity contribution in [2.24, 2.45) is 5.92 Å². The van der Waals surface area contributed by atoms with Crippen molar-refractivity contribution in [1.82, 2.24) is 4.90 Å². The fourth-order valence-electron chi connectivity index (χ4n) is 6.92. The van der Waals surface area contributed by atoms with Crippen LogP contribution in [0.25, 0.3) is 0 Å². The van der Waals surface area contributed by atoms with Gasteiger partial charge in [0.2, 0.25) is 5.91 Å². The molecule has 3 amide bonds. The lowest BCUT2D eigenvalue weighted by atomic mass is 9.83. The Kier molecular flexibility index (Phi) is 10.6. The molecular weight excluding hydrogens is 682 g/mol. The van der Waals surface area contributed by atoms with Crippen LogP contribution in [0.1, 0.15) is 35.6 Å². The molecule has 0 radical (unpaired) electrons. The third-order valence-corrected chi connectivity index (χ3v) is 10.1. The van der Waals surface area contributed by atoms with Crippen molar-refractivity contribution < 1.29 is 49.8 Å². The van der Waals surface area contributed by atoms with E-state index in [2.05, 4.69) is 5.32 Å². The first-order valence-electron chi connectivity index (χ1n) is 16.6. The van der Waals surface area contributed by atoms with Gasteiger partial charge in [-0.1, -0.05) is 67.1 Å². The van der Waals surface area contributed by atoms with Gasteiger partial charge in [0.1, 0.15) is 18.3 Å². The van der Waals surface area contributed by atoms with E-state index < -0.39 is 54.0 Å². The van der Waals surface area contributed by atoms with E-state index >= 15 is 0 Å². The van der Waals surface area contributed by atoms with Crippen LogP contribution in [0.2, 0.25) is 5.02 Å². The molecule has 1 saturated heterocycles. The van der Waals surface area contributed by atoms with Crippen LogP contribution in [0.5, 0.6) is 0 Å². The summed E-state index contributed by atoms with van der Waals surface area (Å²) in [5.74, 6) is -2.39. The number of halogens is 1. The number of aliphatic hydroxyl groups is 6. The minimum absolute atomic E-state index is 0.0111. The number of anilines is 2. The number of hydrogen-bond acceptors (Lipinski definition) is 10. The zero-order valence-corrected chi connectivity index (χ0v) is 28.4. The summed E-state index contributed by atoms with van der Waals surface area (Å²) in [4.78, 5) is 43.1. The van der Waals surface area contributed by atoms with Gasteiger partial charge in [-0.15, -0.1) is 0 Å². The molecule has 0 spiro atoms. The van der Waals surface area contributed by atoms with E-state index in [1.54, 1.807) is 66.4 Å². The van der Waals surface area contributed by atoms with Crippen molar-refractivity contribution in [3.05, 3.63) is 106 Å². The first kappa shape index (κ1) is 36.6. The van der Waals surface area contributed by atoms with Crippen LogP contribution in [0.15, 0.2) is 78.9 Å². The molecule has 3 heterocycles. The number of amides is 3. The average molecular weight is 722 g/mol. The normalized spacial score (nSPS) is 28.0. The van der Waals surface area contributed by atoms with Crippen molar-refractivity contribution in [3.63, 3.8) is 0 Å². The van der Waals surface area contributed by atoms with Crippen molar-refractivity contribution in [1.29, 1.82) is 0 Å². The highest BCUT2D eigenvalue weighted by molar-refractivity contribution is 6.31. The summed E-state index contributed by atoms with van der Waals surface area (Å²) in [7, 11) is 0. The van der Waals surface area contributed by atoms with Gasteiger partial charge in [-0.05, 0) is 53.4 Å². The number of carbonyl (C=O) groups excluding carboxylic acids is 3. The molecule has 6 rings (SSSR count). The van der Waals surface area contributed by atoms with E-state index in [0.717, 1.165) is 11.1 Å². The van der Waals surface area contributed by atoms with E-state index in [9.17, 15) is 45.0 Å². The largest absolute Gasteiger partial charge is 0.394 e. The molecule has 51 heavy (non-hydrogen) atoms. The van der Waals surface area contributed by atoms with E-state index in [1.165, 1.54) is 4.90 Å². The quantitative estimate of drug-likeness (QED) is 0.158. The SMILES string of the molecule is C[C@@H](/C=C/CC(=O)N1Cc2ccccc2C[C@H]1CO)[C@]1(O)C(=O)N(Cc2ccc(NC(=O)[C@H]3O[C@@H](O)[C@H](O)[C@@H](O)[C@@H]3O)cc2)c2ccc(Cl)cc21. The van der Waals surface area contributed by atoms with Crippen LogP contribution in [-0.4, -0.2) is 96.6 Å². The molecule has 13 nitrogen and oxygen atoms in total. The molecule has 8 atom stereocenters. The zero-order chi connectivity index (χ0) is 36.6. The average Bonchev–Trinajstić information content (AvgIpc) is 3.33. The van der Waals surface area contributed by atoms with Gasteiger partial charge in [0.05, 0.1) is 24.9 Å². The topological polar surface area (TPSA) is 200 Å². The maximum absolute atomic E-state index is 14.0. The predicted octanol–water partition coefficient (Wildman–Crippen LogP) is 1.34. The van der Waals surface area contributed by atoms with Crippen LogP contribution >= 0.6 is 11.6 Å². The van der Waals surface area contributed by atoms with Gasteiger partial charge in [0, 0.05) is 35.2 Å². The van der Waals surface area contributed by atoms with Gasteiger partial charge < -0.3 is 50.5 Å². The minimum atomic E-state index is -1.99. The van der Waals surface area contributed by atoms with Crippen LogP contribution < -0.4 is 10.2 Å². The summed E-state index contributed by atoms with van der Waals surface area (Å²) in [6.45, 7) is 1.96. The van der Waals surface area contributed by atoms with Crippen LogP contribution in [0.3, 0.4) is 0 Å². The minimum Gasteiger partial charge on any atom is -0.394 e. The summed E-state index contributed by atoms with van der Waals surface area (Å²) in [6.07, 6.45) is -5.02. The molecule has 0 unspecified atom stereocenters.